The molecule has 1 aromatic carbocycles. The summed E-state index contributed by atoms with van der Waals surface area (Å²) in [7, 11) is 0. The van der Waals surface area contributed by atoms with Crippen LogP contribution in [0.2, 0.25) is 0 Å². The number of benzene rings is 1. The molecule has 2 aromatic heterocycles. The van der Waals surface area contributed by atoms with Gasteiger partial charge in [-0.15, -0.1) is 5.10 Å². The number of hydrogen-bond donors (Lipinski definition) is 1. The van der Waals surface area contributed by atoms with Crippen molar-refractivity contribution in [1.82, 2.24) is 25.0 Å². The van der Waals surface area contributed by atoms with Gasteiger partial charge in [0, 0.05) is 11.3 Å². The molecule has 2 heterocycles. The van der Waals surface area contributed by atoms with Gasteiger partial charge in [-0.05, 0) is 58.2 Å². The maximum Gasteiger partial charge on any atom is 0.133 e. The van der Waals surface area contributed by atoms with Gasteiger partial charge in [0.25, 0.3) is 0 Å². The second-order valence-corrected chi connectivity index (χ2v) is 6.71. The maximum atomic E-state index is 4.54. The normalized spacial score (nSPS) is 15.7. The maximum absolute atomic E-state index is 4.54. The Bertz CT molecular complexity index is 909. The molecule has 24 heavy (non-hydrogen) atoms. The van der Waals surface area contributed by atoms with E-state index in [2.05, 4.69) is 55.4 Å². The number of rotatable bonds is 4. The molecule has 0 radical (unpaired) electrons. The third kappa shape index (κ3) is 2.62. The molecule has 4 rings (SSSR count). The number of anilines is 1. The SMILES string of the molecule is Cc1nc(C)c(C)c(NC(C)c2ccc3c(c2)nnn3C2CC2)n1. The van der Waals surface area contributed by atoms with Crippen molar-refractivity contribution in [2.45, 2.75) is 52.6 Å². The van der Waals surface area contributed by atoms with Crippen LogP contribution in [0, 0.1) is 20.8 Å². The second kappa shape index (κ2) is 5.54. The zero-order valence-corrected chi connectivity index (χ0v) is 14.5. The molecule has 0 aliphatic heterocycles. The van der Waals surface area contributed by atoms with Crippen LogP contribution >= 0.6 is 0 Å². The van der Waals surface area contributed by atoms with Crippen molar-refractivity contribution in [3.63, 3.8) is 0 Å². The molecule has 1 saturated carbocycles. The van der Waals surface area contributed by atoms with Gasteiger partial charge in [-0.2, -0.15) is 0 Å². The van der Waals surface area contributed by atoms with Gasteiger partial charge in [-0.25, -0.2) is 14.6 Å². The van der Waals surface area contributed by atoms with E-state index in [1.165, 1.54) is 18.4 Å². The number of aromatic nitrogens is 5. The first kappa shape index (κ1) is 15.1. The lowest BCUT2D eigenvalue weighted by Crippen LogP contribution is -2.11. The summed E-state index contributed by atoms with van der Waals surface area (Å²) in [5.74, 6) is 1.69. The lowest BCUT2D eigenvalue weighted by molar-refractivity contribution is 0.630. The third-order valence-electron chi connectivity index (χ3n) is 4.74. The van der Waals surface area contributed by atoms with Crippen LogP contribution in [0.4, 0.5) is 5.82 Å². The first-order valence-electron chi connectivity index (χ1n) is 8.46. The summed E-state index contributed by atoms with van der Waals surface area (Å²) < 4.78 is 2.05. The summed E-state index contributed by atoms with van der Waals surface area (Å²) in [4.78, 5) is 8.95. The highest BCUT2D eigenvalue weighted by Gasteiger charge is 2.26. The van der Waals surface area contributed by atoms with E-state index in [-0.39, 0.29) is 6.04 Å². The van der Waals surface area contributed by atoms with Crippen LogP contribution in [-0.4, -0.2) is 25.0 Å². The highest BCUT2D eigenvalue weighted by Crippen LogP contribution is 2.36. The topological polar surface area (TPSA) is 68.5 Å². The molecule has 124 valence electrons. The van der Waals surface area contributed by atoms with Crippen LogP contribution in [-0.2, 0) is 0 Å². The van der Waals surface area contributed by atoms with Crippen LogP contribution in [0.25, 0.3) is 11.0 Å². The van der Waals surface area contributed by atoms with E-state index in [9.17, 15) is 0 Å². The molecular weight excluding hydrogens is 300 g/mol. The number of fused-ring (bicyclic) bond motifs is 1. The van der Waals surface area contributed by atoms with E-state index in [0.717, 1.165) is 33.9 Å². The third-order valence-corrected chi connectivity index (χ3v) is 4.74. The zero-order valence-electron chi connectivity index (χ0n) is 14.5. The van der Waals surface area contributed by atoms with E-state index in [4.69, 9.17) is 0 Å². The molecule has 6 nitrogen and oxygen atoms in total. The van der Waals surface area contributed by atoms with Crippen molar-refractivity contribution in [2.24, 2.45) is 0 Å². The fourth-order valence-corrected chi connectivity index (χ4v) is 3.01. The highest BCUT2D eigenvalue weighted by molar-refractivity contribution is 5.75. The van der Waals surface area contributed by atoms with Gasteiger partial charge in [0.2, 0.25) is 0 Å². The molecule has 0 amide bonds. The van der Waals surface area contributed by atoms with Gasteiger partial charge in [0.05, 0.1) is 17.6 Å². The largest absolute Gasteiger partial charge is 0.363 e. The molecule has 1 unspecified atom stereocenters. The average molecular weight is 322 g/mol. The van der Waals surface area contributed by atoms with Crippen molar-refractivity contribution < 1.29 is 0 Å². The van der Waals surface area contributed by atoms with E-state index < -0.39 is 0 Å². The van der Waals surface area contributed by atoms with Crippen molar-refractivity contribution in [2.75, 3.05) is 5.32 Å². The van der Waals surface area contributed by atoms with Gasteiger partial charge < -0.3 is 5.32 Å². The summed E-state index contributed by atoms with van der Waals surface area (Å²) in [6, 6.07) is 7.08. The first-order chi connectivity index (χ1) is 11.5. The van der Waals surface area contributed by atoms with Crippen molar-refractivity contribution in [3.8, 4) is 0 Å². The summed E-state index contributed by atoms with van der Waals surface area (Å²) in [5, 5.41) is 12.1. The predicted octanol–water partition coefficient (Wildman–Crippen LogP) is 3.65. The Hall–Kier alpha value is -2.50. The number of nitrogens with one attached hydrogen (secondary N) is 1. The molecular formula is C18H22N6. The molecule has 0 saturated heterocycles. The zero-order chi connectivity index (χ0) is 16.8. The van der Waals surface area contributed by atoms with E-state index in [1.807, 2.05) is 20.8 Å². The minimum Gasteiger partial charge on any atom is -0.363 e. The smallest absolute Gasteiger partial charge is 0.133 e. The molecule has 0 bridgehead atoms. The molecule has 1 aliphatic rings. The lowest BCUT2D eigenvalue weighted by atomic mass is 10.1. The quantitative estimate of drug-likeness (QED) is 0.794. The Morgan fingerprint density at radius 2 is 1.96 bits per heavy atom. The standard InChI is InChI=1S/C18H22N6/c1-10-11(2)19-13(4)21-18(10)20-12(3)14-5-8-17-16(9-14)22-23-24(17)15-6-7-15/h5,8-9,12,15H,6-7H2,1-4H3,(H,19,20,21). The number of nitrogens with zero attached hydrogens (tertiary/aromatic N) is 5. The van der Waals surface area contributed by atoms with Crippen LogP contribution < -0.4 is 5.32 Å². The van der Waals surface area contributed by atoms with Crippen molar-refractivity contribution in [3.05, 3.63) is 40.8 Å². The summed E-state index contributed by atoms with van der Waals surface area (Å²) in [5.41, 5.74) is 5.37. The van der Waals surface area contributed by atoms with Crippen LogP contribution in [0.3, 0.4) is 0 Å². The van der Waals surface area contributed by atoms with E-state index in [1.54, 1.807) is 0 Å². The summed E-state index contributed by atoms with van der Waals surface area (Å²) in [6.45, 7) is 8.12. The summed E-state index contributed by atoms with van der Waals surface area (Å²) >= 11 is 0. The van der Waals surface area contributed by atoms with E-state index >= 15 is 0 Å². The van der Waals surface area contributed by atoms with Crippen molar-refractivity contribution in [1.29, 1.82) is 0 Å². The Balaban J connectivity index is 1.62. The highest BCUT2D eigenvalue weighted by atomic mass is 15.4. The molecule has 1 N–H and O–H groups in total. The van der Waals surface area contributed by atoms with Gasteiger partial charge >= 0.3 is 0 Å². The average Bonchev–Trinajstić information content (AvgIpc) is 3.31. The van der Waals surface area contributed by atoms with Crippen LogP contribution in [0.1, 0.15) is 54.5 Å². The van der Waals surface area contributed by atoms with Crippen LogP contribution in [0.5, 0.6) is 0 Å². The van der Waals surface area contributed by atoms with Gasteiger partial charge in [0.1, 0.15) is 17.2 Å². The fraction of sp³-hybridized carbons (Fsp3) is 0.444. The Kier molecular flexibility index (Phi) is 3.48. The van der Waals surface area contributed by atoms with Crippen molar-refractivity contribution >= 4 is 16.9 Å². The minimum atomic E-state index is 0.132. The molecule has 3 aromatic rings. The monoisotopic (exact) mass is 322 g/mol. The van der Waals surface area contributed by atoms with E-state index in [0.29, 0.717) is 6.04 Å². The molecule has 6 heteroatoms. The first-order valence-corrected chi connectivity index (χ1v) is 8.46. The number of hydrogen-bond acceptors (Lipinski definition) is 5. The van der Waals surface area contributed by atoms with Gasteiger partial charge in [-0.3, -0.25) is 0 Å². The number of aryl methyl sites for hydroxylation is 2. The van der Waals surface area contributed by atoms with Gasteiger partial charge in [-0.1, -0.05) is 11.3 Å². The summed E-state index contributed by atoms with van der Waals surface area (Å²) in [6.07, 6.45) is 2.42. The molecule has 1 fully saturated rings. The molecule has 0 spiro atoms. The lowest BCUT2D eigenvalue weighted by Gasteiger charge is -2.17. The molecule has 1 atom stereocenters. The van der Waals surface area contributed by atoms with Gasteiger partial charge in [0.15, 0.2) is 0 Å². The Morgan fingerprint density at radius 3 is 2.71 bits per heavy atom. The molecule has 1 aliphatic carbocycles. The predicted molar refractivity (Wildman–Crippen MR) is 94.1 cm³/mol. The van der Waals surface area contributed by atoms with Crippen LogP contribution in [0.15, 0.2) is 18.2 Å². The second-order valence-electron chi connectivity index (χ2n) is 6.71. The fourth-order valence-electron chi connectivity index (χ4n) is 3.01. The Morgan fingerprint density at radius 1 is 1.17 bits per heavy atom. The minimum absolute atomic E-state index is 0.132. The Labute approximate surface area is 141 Å².